The second kappa shape index (κ2) is 5.98. The Hall–Kier alpha value is -2.39. The lowest BCUT2D eigenvalue weighted by atomic mass is 10.2. The number of pyridine rings is 1. The summed E-state index contributed by atoms with van der Waals surface area (Å²) in [5.74, 6) is 0.689. The van der Waals surface area contributed by atoms with Gasteiger partial charge < -0.3 is 0 Å². The number of nitriles is 1. The number of hydrogen-bond donors (Lipinski definition) is 0. The first kappa shape index (κ1) is 13.1. The molecule has 0 spiro atoms. The molecule has 0 atom stereocenters. The van der Waals surface area contributed by atoms with E-state index in [1.807, 2.05) is 12.1 Å². The summed E-state index contributed by atoms with van der Waals surface area (Å²) >= 11 is 1.55. The van der Waals surface area contributed by atoms with Crippen LogP contribution in [0.4, 0.5) is 5.69 Å². The maximum atomic E-state index is 10.5. The van der Waals surface area contributed by atoms with Crippen LogP contribution in [0.5, 0.6) is 0 Å². The number of hydrogen-bond acceptors (Lipinski definition) is 5. The maximum Gasteiger partial charge on any atom is 0.269 e. The summed E-state index contributed by atoms with van der Waals surface area (Å²) in [6, 6.07) is 12.0. The van der Waals surface area contributed by atoms with Crippen LogP contribution in [-0.2, 0) is 5.75 Å². The molecule has 0 bridgehead atoms. The number of benzene rings is 1. The van der Waals surface area contributed by atoms with Crippen molar-refractivity contribution in [1.29, 1.82) is 5.26 Å². The van der Waals surface area contributed by atoms with Gasteiger partial charge in [-0.3, -0.25) is 10.1 Å². The van der Waals surface area contributed by atoms with Crippen molar-refractivity contribution in [2.24, 2.45) is 0 Å². The molecule has 0 amide bonds. The van der Waals surface area contributed by atoms with Gasteiger partial charge >= 0.3 is 0 Å². The van der Waals surface area contributed by atoms with Crippen molar-refractivity contribution in [2.75, 3.05) is 0 Å². The Labute approximate surface area is 114 Å². The van der Waals surface area contributed by atoms with E-state index in [0.29, 0.717) is 11.4 Å². The van der Waals surface area contributed by atoms with Crippen LogP contribution in [0.3, 0.4) is 0 Å². The molecule has 0 saturated heterocycles. The first-order valence-electron chi connectivity index (χ1n) is 5.41. The quantitative estimate of drug-likeness (QED) is 0.484. The molecule has 0 fully saturated rings. The Kier molecular flexibility index (Phi) is 4.11. The van der Waals surface area contributed by atoms with Gasteiger partial charge in [-0.1, -0.05) is 0 Å². The van der Waals surface area contributed by atoms with Gasteiger partial charge in [0.25, 0.3) is 5.69 Å². The van der Waals surface area contributed by atoms with Crippen molar-refractivity contribution >= 4 is 17.4 Å². The molecule has 0 aliphatic rings. The highest BCUT2D eigenvalue weighted by Crippen LogP contribution is 2.24. The summed E-state index contributed by atoms with van der Waals surface area (Å²) in [4.78, 5) is 14.9. The summed E-state index contributed by atoms with van der Waals surface area (Å²) in [6.07, 6.45) is 1.60. The van der Waals surface area contributed by atoms with Gasteiger partial charge in [0.05, 0.1) is 4.92 Å². The fourth-order valence-corrected chi connectivity index (χ4v) is 2.30. The number of thioether (sulfide) groups is 1. The van der Waals surface area contributed by atoms with E-state index in [1.165, 1.54) is 12.1 Å². The second-order valence-corrected chi connectivity index (χ2v) is 4.75. The van der Waals surface area contributed by atoms with E-state index in [-0.39, 0.29) is 5.69 Å². The summed E-state index contributed by atoms with van der Waals surface area (Å²) < 4.78 is 0. The van der Waals surface area contributed by atoms with Crippen LogP contribution >= 0.6 is 11.8 Å². The molecule has 0 radical (unpaired) electrons. The third-order valence-electron chi connectivity index (χ3n) is 2.39. The number of aromatic nitrogens is 1. The minimum Gasteiger partial charge on any atom is -0.258 e. The van der Waals surface area contributed by atoms with Crippen molar-refractivity contribution in [1.82, 2.24) is 4.98 Å². The predicted octanol–water partition coefficient (Wildman–Crippen LogP) is 3.15. The summed E-state index contributed by atoms with van der Waals surface area (Å²) in [5, 5.41) is 19.3. The van der Waals surface area contributed by atoms with Crippen LogP contribution in [0.2, 0.25) is 0 Å². The number of nitrogens with zero attached hydrogens (tertiary/aromatic N) is 3. The highest BCUT2D eigenvalue weighted by molar-refractivity contribution is 7.98. The molecule has 0 aliphatic heterocycles. The lowest BCUT2D eigenvalue weighted by Crippen LogP contribution is -1.88. The summed E-state index contributed by atoms with van der Waals surface area (Å²) in [6.45, 7) is 0. The normalized spacial score (nSPS) is 9.84. The fraction of sp³-hybridized carbons (Fsp3) is 0.0769. The Morgan fingerprint density at radius 3 is 2.68 bits per heavy atom. The lowest BCUT2D eigenvalue weighted by Gasteiger charge is -2.02. The van der Waals surface area contributed by atoms with Gasteiger partial charge in [0.1, 0.15) is 11.8 Å². The molecule has 2 rings (SSSR count). The van der Waals surface area contributed by atoms with Crippen LogP contribution in [0.1, 0.15) is 11.3 Å². The molecule has 1 aromatic heterocycles. The Morgan fingerprint density at radius 1 is 1.32 bits per heavy atom. The molecule has 0 aliphatic carbocycles. The third kappa shape index (κ3) is 3.53. The van der Waals surface area contributed by atoms with Crippen LogP contribution < -0.4 is 0 Å². The van der Waals surface area contributed by atoms with Gasteiger partial charge in [0.2, 0.25) is 0 Å². The van der Waals surface area contributed by atoms with Crippen LogP contribution in [0, 0.1) is 21.4 Å². The van der Waals surface area contributed by atoms with Gasteiger partial charge in [-0.2, -0.15) is 5.26 Å². The van der Waals surface area contributed by atoms with Crippen LogP contribution in [0.25, 0.3) is 0 Å². The van der Waals surface area contributed by atoms with Gasteiger partial charge in [0, 0.05) is 29.0 Å². The molecule has 0 unspecified atom stereocenters. The van der Waals surface area contributed by atoms with Crippen LogP contribution in [0.15, 0.2) is 47.5 Å². The standard InChI is InChI=1S/C13H9N3O2S/c14-8-11-7-10(5-6-15-11)9-19-13-3-1-12(2-4-13)16(17)18/h1-7H,9H2. The van der Waals surface area contributed by atoms with Gasteiger partial charge in [-0.15, -0.1) is 11.8 Å². The van der Waals surface area contributed by atoms with Gasteiger partial charge in [0.15, 0.2) is 0 Å². The first-order valence-corrected chi connectivity index (χ1v) is 6.40. The van der Waals surface area contributed by atoms with Gasteiger partial charge in [-0.05, 0) is 29.8 Å². The highest BCUT2D eigenvalue weighted by atomic mass is 32.2. The zero-order valence-electron chi connectivity index (χ0n) is 9.81. The van der Waals surface area contributed by atoms with Crippen molar-refractivity contribution in [3.8, 4) is 6.07 Å². The van der Waals surface area contributed by atoms with E-state index in [0.717, 1.165) is 10.5 Å². The molecule has 1 heterocycles. The molecule has 0 N–H and O–H groups in total. The molecular formula is C13H9N3O2S. The van der Waals surface area contributed by atoms with Crippen molar-refractivity contribution < 1.29 is 4.92 Å². The monoisotopic (exact) mass is 271 g/mol. The van der Waals surface area contributed by atoms with E-state index < -0.39 is 4.92 Å². The number of nitro benzene ring substituents is 1. The zero-order valence-corrected chi connectivity index (χ0v) is 10.6. The van der Waals surface area contributed by atoms with E-state index in [1.54, 1.807) is 36.2 Å². The van der Waals surface area contributed by atoms with E-state index in [9.17, 15) is 10.1 Å². The Morgan fingerprint density at radius 2 is 2.05 bits per heavy atom. The van der Waals surface area contributed by atoms with Crippen molar-refractivity contribution in [3.05, 3.63) is 64.0 Å². The Bertz CT molecular complexity index is 635. The minimum atomic E-state index is -0.420. The summed E-state index contributed by atoms with van der Waals surface area (Å²) in [5.41, 5.74) is 1.47. The fourth-order valence-electron chi connectivity index (χ4n) is 1.46. The van der Waals surface area contributed by atoms with Crippen molar-refractivity contribution in [2.45, 2.75) is 10.6 Å². The highest BCUT2D eigenvalue weighted by Gasteiger charge is 2.04. The largest absolute Gasteiger partial charge is 0.269 e. The summed E-state index contributed by atoms with van der Waals surface area (Å²) in [7, 11) is 0. The molecule has 1 aromatic carbocycles. The number of nitro groups is 1. The molecule has 6 heteroatoms. The molecule has 0 saturated carbocycles. The molecular weight excluding hydrogens is 262 g/mol. The molecule has 19 heavy (non-hydrogen) atoms. The topological polar surface area (TPSA) is 79.8 Å². The molecule has 2 aromatic rings. The van der Waals surface area contributed by atoms with Gasteiger partial charge in [-0.25, -0.2) is 4.98 Å². The minimum absolute atomic E-state index is 0.0834. The van der Waals surface area contributed by atoms with E-state index >= 15 is 0 Å². The van der Waals surface area contributed by atoms with E-state index in [4.69, 9.17) is 5.26 Å². The van der Waals surface area contributed by atoms with Crippen molar-refractivity contribution in [3.63, 3.8) is 0 Å². The average molecular weight is 271 g/mol. The SMILES string of the molecule is N#Cc1cc(CSc2ccc([N+](=O)[O-])cc2)ccn1. The lowest BCUT2D eigenvalue weighted by molar-refractivity contribution is -0.384. The second-order valence-electron chi connectivity index (χ2n) is 3.70. The average Bonchev–Trinajstić information content (AvgIpc) is 2.46. The number of rotatable bonds is 4. The van der Waals surface area contributed by atoms with Crippen LogP contribution in [-0.4, -0.2) is 9.91 Å². The zero-order chi connectivity index (χ0) is 13.7. The third-order valence-corrected chi connectivity index (χ3v) is 3.48. The maximum absolute atomic E-state index is 10.5. The number of non-ortho nitro benzene ring substituents is 1. The predicted molar refractivity (Wildman–Crippen MR) is 71.6 cm³/mol. The molecule has 94 valence electrons. The smallest absolute Gasteiger partial charge is 0.258 e. The first-order chi connectivity index (χ1) is 9.19. The Balaban J connectivity index is 2.02. The molecule has 5 nitrogen and oxygen atoms in total. The van der Waals surface area contributed by atoms with E-state index in [2.05, 4.69) is 4.98 Å².